The first-order chi connectivity index (χ1) is 9.22. The van der Waals surface area contributed by atoms with Crippen LogP contribution >= 0.6 is 23.6 Å². The van der Waals surface area contributed by atoms with Crippen LogP contribution in [0.15, 0.2) is 15.9 Å². The zero-order valence-electron chi connectivity index (χ0n) is 11.0. The SMILES string of the molecule is COCCOCCNc1cc(=S)c2scc(C)c2o1. The summed E-state index contributed by atoms with van der Waals surface area (Å²) >= 11 is 6.98. The minimum absolute atomic E-state index is 0.601. The highest BCUT2D eigenvalue weighted by Gasteiger charge is 2.06. The Labute approximate surface area is 121 Å². The van der Waals surface area contributed by atoms with Crippen LogP contribution in [0, 0.1) is 11.4 Å². The molecule has 0 aliphatic carbocycles. The lowest BCUT2D eigenvalue weighted by Crippen LogP contribution is -2.11. The fourth-order valence-corrected chi connectivity index (χ4v) is 2.86. The standard InChI is InChI=1S/C13H17NO3S2/c1-9-8-19-13-10(18)7-11(17-12(9)13)14-3-4-16-6-5-15-2/h7-8,14H,3-6H2,1-2H3. The number of anilines is 1. The minimum atomic E-state index is 0.601. The van der Waals surface area contributed by atoms with E-state index in [1.165, 1.54) is 0 Å². The van der Waals surface area contributed by atoms with Crippen LogP contribution in [0.5, 0.6) is 0 Å². The second-order valence-electron chi connectivity index (χ2n) is 4.08. The monoisotopic (exact) mass is 299 g/mol. The van der Waals surface area contributed by atoms with Gasteiger partial charge in [-0.3, -0.25) is 0 Å². The Balaban J connectivity index is 1.94. The van der Waals surface area contributed by atoms with Gasteiger partial charge in [0, 0.05) is 25.3 Å². The molecule has 0 spiro atoms. The van der Waals surface area contributed by atoms with Gasteiger partial charge in [-0.15, -0.1) is 11.3 Å². The van der Waals surface area contributed by atoms with E-state index in [1.54, 1.807) is 18.4 Å². The van der Waals surface area contributed by atoms with Gasteiger partial charge in [0.05, 0.1) is 29.0 Å². The van der Waals surface area contributed by atoms with Crippen molar-refractivity contribution in [2.24, 2.45) is 0 Å². The molecule has 0 atom stereocenters. The first-order valence-corrected chi connectivity index (χ1v) is 7.33. The summed E-state index contributed by atoms with van der Waals surface area (Å²) in [6.45, 7) is 4.52. The number of thiophene rings is 1. The lowest BCUT2D eigenvalue weighted by molar-refractivity contribution is 0.0758. The number of nitrogens with one attached hydrogen (secondary N) is 1. The third-order valence-electron chi connectivity index (χ3n) is 2.59. The molecule has 2 aromatic heterocycles. The number of fused-ring (bicyclic) bond motifs is 1. The Morgan fingerprint density at radius 3 is 3.00 bits per heavy atom. The van der Waals surface area contributed by atoms with Crippen LogP contribution in [-0.4, -0.2) is 33.5 Å². The molecule has 2 heterocycles. The second kappa shape index (κ2) is 7.00. The molecule has 0 saturated carbocycles. The highest BCUT2D eigenvalue weighted by molar-refractivity contribution is 7.72. The second-order valence-corrected chi connectivity index (χ2v) is 5.40. The van der Waals surface area contributed by atoms with Gasteiger partial charge in [-0.2, -0.15) is 0 Å². The van der Waals surface area contributed by atoms with Gasteiger partial charge in [0.25, 0.3) is 0 Å². The van der Waals surface area contributed by atoms with Crippen LogP contribution in [0.4, 0.5) is 5.88 Å². The van der Waals surface area contributed by atoms with E-state index < -0.39 is 0 Å². The highest BCUT2D eigenvalue weighted by Crippen LogP contribution is 2.29. The van der Waals surface area contributed by atoms with E-state index in [9.17, 15) is 0 Å². The van der Waals surface area contributed by atoms with Gasteiger partial charge < -0.3 is 19.2 Å². The summed E-state index contributed by atoms with van der Waals surface area (Å²) in [7, 11) is 1.66. The Morgan fingerprint density at radius 2 is 2.21 bits per heavy atom. The van der Waals surface area contributed by atoms with Crippen LogP contribution < -0.4 is 5.32 Å². The number of rotatable bonds is 7. The molecule has 2 rings (SSSR count). The molecular formula is C13H17NO3S2. The summed E-state index contributed by atoms with van der Waals surface area (Å²) < 4.78 is 17.9. The Morgan fingerprint density at radius 1 is 1.37 bits per heavy atom. The molecule has 0 bridgehead atoms. The summed E-state index contributed by atoms with van der Waals surface area (Å²) in [5.41, 5.74) is 1.99. The van der Waals surface area contributed by atoms with Crippen LogP contribution in [0.3, 0.4) is 0 Å². The first kappa shape index (κ1) is 14.5. The molecule has 0 amide bonds. The van der Waals surface area contributed by atoms with E-state index in [2.05, 4.69) is 10.7 Å². The van der Waals surface area contributed by atoms with Crippen molar-refractivity contribution in [3.63, 3.8) is 0 Å². The summed E-state index contributed by atoms with van der Waals surface area (Å²) in [5.74, 6) is 0.689. The number of hydrogen-bond acceptors (Lipinski definition) is 6. The normalized spacial score (nSPS) is 11.1. The minimum Gasteiger partial charge on any atom is -0.440 e. The van der Waals surface area contributed by atoms with E-state index >= 15 is 0 Å². The van der Waals surface area contributed by atoms with Crippen LogP contribution in [0.2, 0.25) is 0 Å². The molecular weight excluding hydrogens is 282 g/mol. The Hall–Kier alpha value is -0.950. The third-order valence-corrected chi connectivity index (χ3v) is 4.16. The summed E-state index contributed by atoms with van der Waals surface area (Å²) in [6, 6.07) is 1.85. The molecule has 4 nitrogen and oxygen atoms in total. The summed E-state index contributed by atoms with van der Waals surface area (Å²) in [4.78, 5) is 0. The predicted octanol–water partition coefficient (Wildman–Crippen LogP) is 3.61. The quantitative estimate of drug-likeness (QED) is 0.625. The number of hydrogen-bond donors (Lipinski definition) is 1. The van der Waals surface area contributed by atoms with Gasteiger partial charge in [0.1, 0.15) is 0 Å². The maximum atomic E-state index is 5.79. The van der Waals surface area contributed by atoms with Gasteiger partial charge in [0.2, 0.25) is 0 Å². The van der Waals surface area contributed by atoms with Crippen LogP contribution in [0.1, 0.15) is 5.56 Å². The Kier molecular flexibility index (Phi) is 5.33. The van der Waals surface area contributed by atoms with Crippen molar-refractivity contribution in [2.75, 3.05) is 38.8 Å². The van der Waals surface area contributed by atoms with Gasteiger partial charge >= 0.3 is 0 Å². The zero-order chi connectivity index (χ0) is 13.7. The molecule has 0 fully saturated rings. The highest BCUT2D eigenvalue weighted by atomic mass is 32.1. The van der Waals surface area contributed by atoms with Crippen LogP contribution in [0.25, 0.3) is 10.3 Å². The number of methoxy groups -OCH3 is 1. The molecule has 0 radical (unpaired) electrons. The number of ether oxygens (including phenoxy) is 2. The molecule has 1 N–H and O–H groups in total. The molecule has 0 saturated heterocycles. The molecule has 0 aliphatic rings. The lowest BCUT2D eigenvalue weighted by atomic mass is 10.3. The van der Waals surface area contributed by atoms with E-state index in [1.807, 2.05) is 13.0 Å². The topological polar surface area (TPSA) is 43.6 Å². The molecule has 6 heteroatoms. The molecule has 0 aromatic carbocycles. The van der Waals surface area contributed by atoms with Gasteiger partial charge in [-0.1, -0.05) is 12.2 Å². The fraction of sp³-hybridized carbons (Fsp3) is 0.462. The van der Waals surface area contributed by atoms with Crippen molar-refractivity contribution in [3.8, 4) is 0 Å². The molecule has 2 aromatic rings. The zero-order valence-corrected chi connectivity index (χ0v) is 12.7. The molecule has 0 unspecified atom stereocenters. The predicted molar refractivity (Wildman–Crippen MR) is 80.8 cm³/mol. The maximum Gasteiger partial charge on any atom is 0.195 e. The van der Waals surface area contributed by atoms with Crippen molar-refractivity contribution >= 4 is 39.7 Å². The van der Waals surface area contributed by atoms with E-state index in [-0.39, 0.29) is 0 Å². The van der Waals surface area contributed by atoms with Crippen molar-refractivity contribution in [2.45, 2.75) is 6.92 Å². The van der Waals surface area contributed by atoms with Gasteiger partial charge in [0.15, 0.2) is 11.5 Å². The molecule has 104 valence electrons. The fourth-order valence-electron chi connectivity index (χ4n) is 1.63. The largest absolute Gasteiger partial charge is 0.440 e. The number of aryl methyl sites for hydroxylation is 1. The lowest BCUT2D eigenvalue weighted by Gasteiger charge is -2.06. The van der Waals surface area contributed by atoms with Crippen molar-refractivity contribution in [1.29, 1.82) is 0 Å². The van der Waals surface area contributed by atoms with Crippen molar-refractivity contribution < 1.29 is 13.9 Å². The van der Waals surface area contributed by atoms with E-state index in [4.69, 9.17) is 26.1 Å². The van der Waals surface area contributed by atoms with E-state index in [0.29, 0.717) is 32.2 Å². The molecule has 0 aliphatic heterocycles. The van der Waals surface area contributed by atoms with E-state index in [0.717, 1.165) is 20.4 Å². The third kappa shape index (κ3) is 3.76. The van der Waals surface area contributed by atoms with Crippen molar-refractivity contribution in [1.82, 2.24) is 0 Å². The Bertz CT molecular complexity index is 591. The smallest absolute Gasteiger partial charge is 0.195 e. The van der Waals surface area contributed by atoms with Crippen molar-refractivity contribution in [3.05, 3.63) is 21.5 Å². The maximum absolute atomic E-state index is 5.79. The average Bonchev–Trinajstić information content (AvgIpc) is 2.76. The summed E-state index contributed by atoms with van der Waals surface area (Å²) in [6.07, 6.45) is 0. The molecule has 19 heavy (non-hydrogen) atoms. The summed E-state index contributed by atoms with van der Waals surface area (Å²) in [5, 5.41) is 5.23. The first-order valence-electron chi connectivity index (χ1n) is 6.05. The average molecular weight is 299 g/mol. The van der Waals surface area contributed by atoms with Crippen LogP contribution in [-0.2, 0) is 9.47 Å². The van der Waals surface area contributed by atoms with Gasteiger partial charge in [-0.25, -0.2) is 0 Å². The van der Waals surface area contributed by atoms with Gasteiger partial charge in [-0.05, 0) is 12.3 Å².